The number of carbonyl (C=O) groups is 1. The van der Waals surface area contributed by atoms with Crippen LogP contribution in [-0.2, 0) is 24.2 Å². The van der Waals surface area contributed by atoms with Gasteiger partial charge in [0.2, 0.25) is 0 Å². The van der Waals surface area contributed by atoms with Gasteiger partial charge in [0, 0.05) is 63.0 Å². The van der Waals surface area contributed by atoms with Gasteiger partial charge in [-0.3, -0.25) is 19.3 Å². The molecule has 0 unspecified atom stereocenters. The largest absolute Gasteiger partial charge is 0.497 e. The third-order valence-electron chi connectivity index (χ3n) is 6.64. The molecule has 2 aromatic rings. The fourth-order valence-electron chi connectivity index (χ4n) is 4.58. The van der Waals surface area contributed by atoms with E-state index >= 15 is 0 Å². The van der Waals surface area contributed by atoms with Gasteiger partial charge < -0.3 is 14.8 Å². The molecular formula is C24H33N5O3. The molecule has 1 aromatic carbocycles. The van der Waals surface area contributed by atoms with Gasteiger partial charge in [-0.1, -0.05) is 12.1 Å². The summed E-state index contributed by atoms with van der Waals surface area (Å²) in [5, 5.41) is 7.96. The molecule has 0 spiro atoms. The number of morpholine rings is 1. The van der Waals surface area contributed by atoms with Gasteiger partial charge in [0.05, 0.1) is 26.9 Å². The maximum Gasteiger partial charge on any atom is 0.272 e. The quantitative estimate of drug-likeness (QED) is 0.673. The Morgan fingerprint density at radius 1 is 1.19 bits per heavy atom. The molecule has 8 heteroatoms. The van der Waals surface area contributed by atoms with Crippen LogP contribution in [0.3, 0.4) is 0 Å². The molecule has 0 atom stereocenters. The summed E-state index contributed by atoms with van der Waals surface area (Å²) < 4.78 is 12.9. The molecule has 2 fully saturated rings. The summed E-state index contributed by atoms with van der Waals surface area (Å²) in [5.74, 6) is 0.813. The molecule has 3 heterocycles. The molecular weight excluding hydrogens is 406 g/mol. The van der Waals surface area contributed by atoms with Crippen LogP contribution in [0.1, 0.15) is 40.2 Å². The van der Waals surface area contributed by atoms with Gasteiger partial charge in [-0.25, -0.2) is 0 Å². The van der Waals surface area contributed by atoms with E-state index in [1.54, 1.807) is 7.11 Å². The average Bonchev–Trinajstić information content (AvgIpc) is 3.58. The van der Waals surface area contributed by atoms with E-state index in [2.05, 4.69) is 21.2 Å². The lowest BCUT2D eigenvalue weighted by atomic mass is 10.0. The Kier molecular flexibility index (Phi) is 6.43. The fraction of sp³-hybridized carbons (Fsp3) is 0.583. The number of amides is 1. The second-order valence-electron chi connectivity index (χ2n) is 9.01. The summed E-state index contributed by atoms with van der Waals surface area (Å²) >= 11 is 0. The third-order valence-corrected chi connectivity index (χ3v) is 6.64. The monoisotopic (exact) mass is 439 g/mol. The van der Waals surface area contributed by atoms with E-state index < -0.39 is 0 Å². The van der Waals surface area contributed by atoms with Crippen LogP contribution < -0.4 is 10.1 Å². The average molecular weight is 440 g/mol. The number of ether oxygens (including phenoxy) is 2. The van der Waals surface area contributed by atoms with Crippen molar-refractivity contribution in [3.05, 3.63) is 46.8 Å². The van der Waals surface area contributed by atoms with Crippen LogP contribution in [0.5, 0.6) is 5.75 Å². The van der Waals surface area contributed by atoms with E-state index in [1.807, 2.05) is 22.9 Å². The highest BCUT2D eigenvalue weighted by Gasteiger charge is 2.31. The number of carbonyl (C=O) groups excluding carboxylic acids is 1. The Morgan fingerprint density at radius 2 is 2.00 bits per heavy atom. The van der Waals surface area contributed by atoms with Crippen molar-refractivity contribution < 1.29 is 14.3 Å². The number of hydrogen-bond donors (Lipinski definition) is 1. The van der Waals surface area contributed by atoms with Gasteiger partial charge in [0.25, 0.3) is 5.91 Å². The molecule has 0 radical (unpaired) electrons. The first-order chi connectivity index (χ1) is 15.7. The predicted molar refractivity (Wildman–Crippen MR) is 121 cm³/mol. The number of aromatic nitrogens is 2. The summed E-state index contributed by atoms with van der Waals surface area (Å²) in [6.45, 7) is 8.13. The second-order valence-corrected chi connectivity index (χ2v) is 9.01. The summed E-state index contributed by atoms with van der Waals surface area (Å²) in [5.41, 5.74) is 4.01. The molecule has 1 N–H and O–H groups in total. The SMILES string of the molecule is COc1cccc(Cn2nc(C(=O)NC3CC3)c3c2CCN(CCN2CCOCC2)C3)c1. The van der Waals surface area contributed by atoms with Gasteiger partial charge >= 0.3 is 0 Å². The molecule has 1 saturated heterocycles. The van der Waals surface area contributed by atoms with Gasteiger partial charge in [-0.15, -0.1) is 0 Å². The van der Waals surface area contributed by atoms with Gasteiger partial charge in [0.15, 0.2) is 5.69 Å². The summed E-state index contributed by atoms with van der Waals surface area (Å²) in [6.07, 6.45) is 3.06. The lowest BCUT2D eigenvalue weighted by Gasteiger charge is -2.32. The standard InChI is InChI=1S/C24H33N5O3/c1-31-20-4-2-3-18(15-20)16-29-22-7-8-28(10-9-27-11-13-32-14-12-27)17-21(22)23(26-29)24(30)25-19-5-6-19/h2-4,15,19H,5-14,16-17H2,1H3,(H,25,30). The van der Waals surface area contributed by atoms with E-state index in [-0.39, 0.29) is 5.91 Å². The lowest BCUT2D eigenvalue weighted by molar-refractivity contribution is 0.0326. The van der Waals surface area contributed by atoms with Gasteiger partial charge in [0.1, 0.15) is 5.75 Å². The number of hydrogen-bond acceptors (Lipinski definition) is 6. The maximum atomic E-state index is 13.0. The van der Waals surface area contributed by atoms with E-state index in [1.165, 1.54) is 5.69 Å². The maximum absolute atomic E-state index is 13.0. The Labute approximate surface area is 189 Å². The minimum atomic E-state index is -0.0248. The molecule has 1 aliphatic carbocycles. The van der Waals surface area contributed by atoms with Crippen molar-refractivity contribution in [1.29, 1.82) is 0 Å². The zero-order chi connectivity index (χ0) is 21.9. The van der Waals surface area contributed by atoms with Crippen LogP contribution in [0.15, 0.2) is 24.3 Å². The predicted octanol–water partition coefficient (Wildman–Crippen LogP) is 1.52. The van der Waals surface area contributed by atoms with E-state index in [0.29, 0.717) is 18.3 Å². The molecule has 1 saturated carbocycles. The van der Waals surface area contributed by atoms with Crippen LogP contribution >= 0.6 is 0 Å². The highest BCUT2D eigenvalue weighted by atomic mass is 16.5. The molecule has 3 aliphatic rings. The Bertz CT molecular complexity index is 949. The smallest absolute Gasteiger partial charge is 0.272 e. The van der Waals surface area contributed by atoms with Crippen molar-refractivity contribution in [3.8, 4) is 5.75 Å². The second kappa shape index (κ2) is 9.60. The van der Waals surface area contributed by atoms with Crippen LogP contribution in [0.25, 0.3) is 0 Å². The molecule has 2 aliphatic heterocycles. The normalized spacial score (nSPS) is 19.5. The first kappa shape index (κ1) is 21.4. The number of methoxy groups -OCH3 is 1. The molecule has 5 rings (SSSR count). The highest BCUT2D eigenvalue weighted by Crippen LogP contribution is 2.26. The molecule has 1 aromatic heterocycles. The van der Waals surface area contributed by atoms with E-state index in [9.17, 15) is 4.79 Å². The molecule has 0 bridgehead atoms. The third kappa shape index (κ3) is 4.98. The number of nitrogens with one attached hydrogen (secondary N) is 1. The molecule has 32 heavy (non-hydrogen) atoms. The van der Waals surface area contributed by atoms with Crippen molar-refractivity contribution in [1.82, 2.24) is 24.9 Å². The minimum absolute atomic E-state index is 0.0248. The zero-order valence-electron chi connectivity index (χ0n) is 18.9. The van der Waals surface area contributed by atoms with Crippen LogP contribution in [0.2, 0.25) is 0 Å². The van der Waals surface area contributed by atoms with Crippen LogP contribution in [0, 0.1) is 0 Å². The van der Waals surface area contributed by atoms with E-state index in [0.717, 1.165) is 88.6 Å². The lowest BCUT2D eigenvalue weighted by Crippen LogP contribution is -2.43. The van der Waals surface area contributed by atoms with E-state index in [4.69, 9.17) is 14.6 Å². The highest BCUT2D eigenvalue weighted by molar-refractivity contribution is 5.94. The number of nitrogens with zero attached hydrogens (tertiary/aromatic N) is 4. The van der Waals surface area contributed by atoms with Gasteiger partial charge in [-0.05, 0) is 30.5 Å². The molecule has 172 valence electrons. The van der Waals surface area contributed by atoms with Crippen molar-refractivity contribution in [2.45, 2.75) is 38.4 Å². The number of rotatable bonds is 8. The number of fused-ring (bicyclic) bond motifs is 1. The fourth-order valence-corrected chi connectivity index (χ4v) is 4.58. The van der Waals surface area contributed by atoms with Crippen molar-refractivity contribution in [2.24, 2.45) is 0 Å². The van der Waals surface area contributed by atoms with Crippen LogP contribution in [-0.4, -0.2) is 84.6 Å². The summed E-state index contributed by atoms with van der Waals surface area (Å²) in [4.78, 5) is 17.9. The minimum Gasteiger partial charge on any atom is -0.497 e. The Hall–Kier alpha value is -2.42. The van der Waals surface area contributed by atoms with Crippen molar-refractivity contribution in [2.75, 3.05) is 53.0 Å². The molecule has 8 nitrogen and oxygen atoms in total. The topological polar surface area (TPSA) is 71.9 Å². The number of benzene rings is 1. The Morgan fingerprint density at radius 3 is 2.78 bits per heavy atom. The zero-order valence-corrected chi connectivity index (χ0v) is 18.9. The van der Waals surface area contributed by atoms with Crippen molar-refractivity contribution in [3.63, 3.8) is 0 Å². The molecule has 1 amide bonds. The Balaban J connectivity index is 1.34. The first-order valence-corrected chi connectivity index (χ1v) is 11.7. The summed E-state index contributed by atoms with van der Waals surface area (Å²) in [7, 11) is 1.68. The summed E-state index contributed by atoms with van der Waals surface area (Å²) in [6, 6.07) is 8.39. The van der Waals surface area contributed by atoms with Crippen LogP contribution in [0.4, 0.5) is 0 Å². The van der Waals surface area contributed by atoms with Crippen molar-refractivity contribution >= 4 is 5.91 Å². The van der Waals surface area contributed by atoms with Gasteiger partial charge in [-0.2, -0.15) is 5.10 Å². The first-order valence-electron chi connectivity index (χ1n) is 11.7.